The third-order valence-electron chi connectivity index (χ3n) is 3.91. The highest BCUT2D eigenvalue weighted by Crippen LogP contribution is 2.43. The zero-order valence-electron chi connectivity index (χ0n) is 12.7. The van der Waals surface area contributed by atoms with E-state index in [9.17, 15) is 4.79 Å². The van der Waals surface area contributed by atoms with Crippen LogP contribution in [0.3, 0.4) is 0 Å². The molecule has 1 amide bonds. The largest absolute Gasteiger partial charge is 0.311 e. The maximum Gasteiger partial charge on any atom is 0.222 e. The van der Waals surface area contributed by atoms with E-state index in [4.69, 9.17) is 0 Å². The zero-order chi connectivity index (χ0) is 15.8. The fourth-order valence-corrected chi connectivity index (χ4v) is 3.43. The highest BCUT2D eigenvalue weighted by molar-refractivity contribution is 8.02. The summed E-state index contributed by atoms with van der Waals surface area (Å²) in [6.07, 6.45) is 6.19. The Hall–Kier alpha value is -2.28. The van der Waals surface area contributed by atoms with Gasteiger partial charge in [0.1, 0.15) is 5.82 Å². The number of pyridine rings is 2. The molecule has 0 atom stereocenters. The number of carbonyl (C=O) groups excluding carboxylic acids is 1. The number of nitrogens with one attached hydrogen (secondary N) is 2. The number of hydrogen-bond donors (Lipinski definition) is 2. The smallest absolute Gasteiger partial charge is 0.222 e. The van der Waals surface area contributed by atoms with Crippen LogP contribution in [0, 0.1) is 5.92 Å². The predicted octanol–water partition coefficient (Wildman–Crippen LogP) is 3.31. The standard InChI is InChI=1S/C16H17N5OS/c1-10(22)19-15-7-12(4-5-17-15)13-6-14-16(18-8-13)20-23-21(14)9-11-2-3-11/h4-8,11H,2-3,9H2,1H3,(H,18,20)(H,17,19,22). The third-order valence-corrected chi connectivity index (χ3v) is 4.76. The molecule has 3 heterocycles. The molecule has 1 aliphatic heterocycles. The maximum absolute atomic E-state index is 11.2. The van der Waals surface area contributed by atoms with Crippen molar-refractivity contribution in [2.75, 3.05) is 20.9 Å². The molecule has 1 saturated carbocycles. The highest BCUT2D eigenvalue weighted by Gasteiger charge is 2.29. The van der Waals surface area contributed by atoms with Gasteiger partial charge < -0.3 is 5.32 Å². The first-order valence-electron chi connectivity index (χ1n) is 7.63. The Morgan fingerprint density at radius 3 is 3.04 bits per heavy atom. The van der Waals surface area contributed by atoms with Crippen LogP contribution in [0.1, 0.15) is 19.8 Å². The van der Waals surface area contributed by atoms with Crippen LogP contribution in [0.4, 0.5) is 17.3 Å². The van der Waals surface area contributed by atoms with Crippen molar-refractivity contribution >= 4 is 35.4 Å². The van der Waals surface area contributed by atoms with E-state index in [1.165, 1.54) is 19.8 Å². The number of fused-ring (bicyclic) bond motifs is 1. The second kappa shape index (κ2) is 5.73. The molecule has 6 nitrogen and oxygen atoms in total. The Bertz CT molecular complexity index is 762. The van der Waals surface area contributed by atoms with Crippen LogP contribution < -0.4 is 14.3 Å². The van der Waals surface area contributed by atoms with Crippen molar-refractivity contribution in [2.45, 2.75) is 19.8 Å². The van der Waals surface area contributed by atoms with E-state index in [0.29, 0.717) is 5.82 Å². The van der Waals surface area contributed by atoms with Crippen LogP contribution in [-0.2, 0) is 4.79 Å². The molecule has 2 aliphatic rings. The van der Waals surface area contributed by atoms with E-state index in [2.05, 4.69) is 30.4 Å². The van der Waals surface area contributed by atoms with E-state index in [1.54, 1.807) is 18.3 Å². The van der Waals surface area contributed by atoms with Gasteiger partial charge in [-0.25, -0.2) is 9.97 Å². The molecule has 2 N–H and O–H groups in total. The van der Waals surface area contributed by atoms with E-state index in [0.717, 1.165) is 35.1 Å². The van der Waals surface area contributed by atoms with Crippen LogP contribution in [0.2, 0.25) is 0 Å². The molecule has 2 aromatic rings. The molecule has 4 rings (SSSR count). The van der Waals surface area contributed by atoms with Crippen molar-refractivity contribution in [1.82, 2.24) is 9.97 Å². The van der Waals surface area contributed by atoms with Crippen LogP contribution in [-0.4, -0.2) is 22.4 Å². The molecular weight excluding hydrogens is 310 g/mol. The number of aromatic nitrogens is 2. The van der Waals surface area contributed by atoms with E-state index in [-0.39, 0.29) is 5.91 Å². The average molecular weight is 327 g/mol. The van der Waals surface area contributed by atoms with Gasteiger partial charge in [-0.05, 0) is 42.5 Å². The van der Waals surface area contributed by atoms with Gasteiger partial charge in [0.25, 0.3) is 0 Å². The summed E-state index contributed by atoms with van der Waals surface area (Å²) in [5, 5.41) is 2.71. The normalized spacial score (nSPS) is 16.0. The Morgan fingerprint density at radius 2 is 2.26 bits per heavy atom. The minimum Gasteiger partial charge on any atom is -0.311 e. The van der Waals surface area contributed by atoms with Crippen LogP contribution in [0.15, 0.2) is 30.6 Å². The lowest BCUT2D eigenvalue weighted by Crippen LogP contribution is -2.14. The number of carbonyl (C=O) groups is 1. The molecule has 0 saturated heterocycles. The molecule has 2 aromatic heterocycles. The fourth-order valence-electron chi connectivity index (χ4n) is 2.56. The molecule has 1 aliphatic carbocycles. The Morgan fingerprint density at radius 1 is 1.39 bits per heavy atom. The molecule has 0 spiro atoms. The van der Waals surface area contributed by atoms with E-state index in [1.807, 2.05) is 18.3 Å². The zero-order valence-corrected chi connectivity index (χ0v) is 13.6. The summed E-state index contributed by atoms with van der Waals surface area (Å²) in [7, 11) is 0. The highest BCUT2D eigenvalue weighted by atomic mass is 32.2. The Kier molecular flexibility index (Phi) is 3.57. The molecule has 7 heteroatoms. The quantitative estimate of drug-likeness (QED) is 0.840. The minimum absolute atomic E-state index is 0.127. The number of anilines is 3. The Balaban J connectivity index is 1.63. The van der Waals surface area contributed by atoms with Gasteiger partial charge in [0.05, 0.1) is 17.8 Å². The van der Waals surface area contributed by atoms with Crippen LogP contribution in [0.5, 0.6) is 0 Å². The summed E-state index contributed by atoms with van der Waals surface area (Å²) in [5.41, 5.74) is 3.13. The molecule has 23 heavy (non-hydrogen) atoms. The molecular formula is C16H17N5OS. The molecule has 118 valence electrons. The summed E-state index contributed by atoms with van der Waals surface area (Å²) in [4.78, 5) is 19.9. The summed E-state index contributed by atoms with van der Waals surface area (Å²) >= 11 is 1.61. The topological polar surface area (TPSA) is 70.2 Å². The maximum atomic E-state index is 11.2. The van der Waals surface area contributed by atoms with E-state index >= 15 is 0 Å². The average Bonchev–Trinajstić information content (AvgIpc) is 3.26. The van der Waals surface area contributed by atoms with Gasteiger partial charge >= 0.3 is 0 Å². The van der Waals surface area contributed by atoms with Gasteiger partial charge in [0.15, 0.2) is 5.82 Å². The first kappa shape index (κ1) is 14.3. The van der Waals surface area contributed by atoms with Crippen LogP contribution >= 0.6 is 12.1 Å². The van der Waals surface area contributed by atoms with Crippen molar-refractivity contribution in [3.8, 4) is 11.1 Å². The second-order valence-electron chi connectivity index (χ2n) is 5.90. The van der Waals surface area contributed by atoms with Gasteiger partial charge in [-0.15, -0.1) is 0 Å². The van der Waals surface area contributed by atoms with Crippen molar-refractivity contribution < 1.29 is 4.79 Å². The summed E-state index contributed by atoms with van der Waals surface area (Å²) in [6, 6.07) is 5.94. The first-order chi connectivity index (χ1) is 11.2. The molecule has 0 aromatic carbocycles. The number of hydrogen-bond acceptors (Lipinski definition) is 6. The van der Waals surface area contributed by atoms with Gasteiger partial charge in [-0.2, -0.15) is 0 Å². The number of amides is 1. The molecule has 1 fully saturated rings. The van der Waals surface area contributed by atoms with Crippen LogP contribution in [0.25, 0.3) is 11.1 Å². The third kappa shape index (κ3) is 3.10. The second-order valence-corrected chi connectivity index (χ2v) is 6.73. The summed E-state index contributed by atoms with van der Waals surface area (Å²) in [6.45, 7) is 2.53. The minimum atomic E-state index is -0.127. The number of rotatable bonds is 4. The van der Waals surface area contributed by atoms with E-state index < -0.39 is 0 Å². The SMILES string of the molecule is CC(=O)Nc1cc(-c2cnc3c(c2)N(CC2CC2)SN3)ccn1. The fraction of sp³-hybridized carbons (Fsp3) is 0.312. The van der Waals surface area contributed by atoms with Gasteiger partial charge in [0.2, 0.25) is 5.91 Å². The molecule has 0 radical (unpaired) electrons. The molecule has 0 bridgehead atoms. The van der Waals surface area contributed by atoms with Crippen molar-refractivity contribution in [2.24, 2.45) is 5.92 Å². The monoisotopic (exact) mass is 327 g/mol. The van der Waals surface area contributed by atoms with Crippen molar-refractivity contribution in [3.63, 3.8) is 0 Å². The van der Waals surface area contributed by atoms with Gasteiger partial charge in [-0.3, -0.25) is 13.8 Å². The van der Waals surface area contributed by atoms with Crippen molar-refractivity contribution in [1.29, 1.82) is 0 Å². The van der Waals surface area contributed by atoms with Gasteiger partial charge in [-0.1, -0.05) is 0 Å². The first-order valence-corrected chi connectivity index (χ1v) is 8.41. The summed E-state index contributed by atoms with van der Waals surface area (Å²) < 4.78 is 5.54. The predicted molar refractivity (Wildman–Crippen MR) is 93.1 cm³/mol. The lowest BCUT2D eigenvalue weighted by atomic mass is 10.1. The molecule has 0 unspecified atom stereocenters. The van der Waals surface area contributed by atoms with Crippen molar-refractivity contribution in [3.05, 3.63) is 30.6 Å². The lowest BCUT2D eigenvalue weighted by molar-refractivity contribution is -0.114. The van der Waals surface area contributed by atoms with Gasteiger partial charge in [0, 0.05) is 31.4 Å². The Labute approximate surface area is 139 Å². The number of nitrogens with zero attached hydrogens (tertiary/aromatic N) is 3. The summed E-state index contributed by atoms with van der Waals surface area (Å²) in [5.74, 6) is 2.15. The lowest BCUT2D eigenvalue weighted by Gasteiger charge is -2.15.